The summed E-state index contributed by atoms with van der Waals surface area (Å²) in [7, 11) is -1.01. The molecule has 0 spiro atoms. The number of nitrogens with one attached hydrogen (secondary N) is 1. The van der Waals surface area contributed by atoms with Gasteiger partial charge in [-0.25, -0.2) is 4.72 Å². The molecule has 6 heteroatoms. The zero-order valence-electron chi connectivity index (χ0n) is 10.2. The van der Waals surface area contributed by atoms with Crippen molar-refractivity contribution < 1.29 is 13.2 Å². The van der Waals surface area contributed by atoms with Crippen molar-refractivity contribution in [1.82, 2.24) is 9.03 Å². The molecule has 0 heterocycles. The van der Waals surface area contributed by atoms with E-state index in [2.05, 4.69) is 0 Å². The van der Waals surface area contributed by atoms with Crippen molar-refractivity contribution in [3.05, 3.63) is 41.0 Å². The number of carbonyl (C=O) groups is 1. The highest BCUT2D eigenvalue weighted by Crippen LogP contribution is 2.20. The summed E-state index contributed by atoms with van der Waals surface area (Å²) < 4.78 is 26.0. The first-order valence-corrected chi connectivity index (χ1v) is 6.88. The summed E-state index contributed by atoms with van der Waals surface area (Å²) in [4.78, 5) is 11.8. The van der Waals surface area contributed by atoms with E-state index in [4.69, 9.17) is 0 Å². The lowest BCUT2D eigenvalue weighted by Gasteiger charge is -2.12. The number of amides is 1. The van der Waals surface area contributed by atoms with Crippen molar-refractivity contribution in [3.63, 3.8) is 0 Å². The maximum absolute atomic E-state index is 11.8. The van der Waals surface area contributed by atoms with Gasteiger partial charge < -0.3 is 0 Å². The third-order valence-corrected chi connectivity index (χ3v) is 4.15. The van der Waals surface area contributed by atoms with Gasteiger partial charge in [0.15, 0.2) is 0 Å². The lowest BCUT2D eigenvalue weighted by Crippen LogP contribution is -2.39. The van der Waals surface area contributed by atoms with Gasteiger partial charge in [-0.1, -0.05) is 18.2 Å². The molecule has 0 saturated carbocycles. The van der Waals surface area contributed by atoms with Gasteiger partial charge in [-0.05, 0) is 29.7 Å². The molecule has 1 aliphatic carbocycles. The molecular weight excluding hydrogens is 252 g/mol. The van der Waals surface area contributed by atoms with Crippen molar-refractivity contribution in [1.29, 1.82) is 0 Å². The normalized spacial score (nSPS) is 13.7. The monoisotopic (exact) mass is 266 g/mol. The summed E-state index contributed by atoms with van der Waals surface area (Å²) in [5, 5.41) is 0. The van der Waals surface area contributed by atoms with Crippen molar-refractivity contribution in [2.24, 2.45) is 0 Å². The van der Waals surface area contributed by atoms with Crippen LogP contribution in [0.15, 0.2) is 24.3 Å². The molecule has 18 heavy (non-hydrogen) atoms. The second-order valence-corrected chi connectivity index (χ2v) is 6.12. The van der Waals surface area contributed by atoms with Gasteiger partial charge in [0.2, 0.25) is 0 Å². The maximum Gasteiger partial charge on any atom is 0.303 e. The van der Waals surface area contributed by atoms with E-state index in [1.165, 1.54) is 14.1 Å². The van der Waals surface area contributed by atoms with Crippen LogP contribution in [0.25, 0.3) is 6.08 Å². The summed E-state index contributed by atoms with van der Waals surface area (Å²) >= 11 is 0. The molecule has 96 valence electrons. The van der Waals surface area contributed by atoms with E-state index in [0.29, 0.717) is 5.56 Å². The average Bonchev–Trinajstić information content (AvgIpc) is 2.74. The third kappa shape index (κ3) is 2.44. The van der Waals surface area contributed by atoms with Gasteiger partial charge in [-0.15, -0.1) is 0 Å². The SMILES string of the molecule is CN(C)S(=O)(=O)NC(=O)c1ccc2c(c1)CC=C2. The van der Waals surface area contributed by atoms with Crippen LogP contribution in [-0.4, -0.2) is 32.7 Å². The molecular formula is C12H14N2O3S. The smallest absolute Gasteiger partial charge is 0.268 e. The van der Waals surface area contributed by atoms with E-state index in [1.54, 1.807) is 12.1 Å². The fourth-order valence-corrected chi connectivity index (χ4v) is 2.20. The Hall–Kier alpha value is -1.66. The Morgan fingerprint density at radius 2 is 2.06 bits per heavy atom. The quantitative estimate of drug-likeness (QED) is 0.879. The summed E-state index contributed by atoms with van der Waals surface area (Å²) in [6, 6.07) is 5.15. The molecule has 0 aromatic heterocycles. The summed E-state index contributed by atoms with van der Waals surface area (Å²) in [5.41, 5.74) is 2.45. The molecule has 0 radical (unpaired) electrons. The average molecular weight is 266 g/mol. The van der Waals surface area contributed by atoms with E-state index in [0.717, 1.165) is 21.9 Å². The highest BCUT2D eigenvalue weighted by molar-refractivity contribution is 7.87. The Labute approximate surface area is 106 Å². The molecule has 5 nitrogen and oxygen atoms in total. The second kappa shape index (κ2) is 4.55. The zero-order chi connectivity index (χ0) is 13.3. The number of rotatable bonds is 3. The van der Waals surface area contributed by atoms with E-state index < -0.39 is 16.1 Å². The Kier molecular flexibility index (Phi) is 3.23. The molecule has 0 aliphatic heterocycles. The van der Waals surface area contributed by atoms with Crippen LogP contribution >= 0.6 is 0 Å². The molecule has 1 aromatic rings. The highest BCUT2D eigenvalue weighted by atomic mass is 32.2. The van der Waals surface area contributed by atoms with Crippen LogP contribution in [0.2, 0.25) is 0 Å². The number of hydrogen-bond acceptors (Lipinski definition) is 3. The van der Waals surface area contributed by atoms with Gasteiger partial charge in [0.05, 0.1) is 0 Å². The molecule has 1 N–H and O–H groups in total. The fraction of sp³-hybridized carbons (Fsp3) is 0.250. The number of carbonyl (C=O) groups excluding carboxylic acids is 1. The van der Waals surface area contributed by atoms with Crippen molar-refractivity contribution in [3.8, 4) is 0 Å². The largest absolute Gasteiger partial charge is 0.303 e. The van der Waals surface area contributed by atoms with Gasteiger partial charge in [-0.2, -0.15) is 12.7 Å². The minimum absolute atomic E-state index is 0.350. The van der Waals surface area contributed by atoms with Gasteiger partial charge in [-0.3, -0.25) is 4.79 Å². The minimum Gasteiger partial charge on any atom is -0.268 e. The van der Waals surface area contributed by atoms with E-state index in [9.17, 15) is 13.2 Å². The van der Waals surface area contributed by atoms with Crippen LogP contribution in [0.1, 0.15) is 21.5 Å². The predicted octanol–water partition coefficient (Wildman–Crippen LogP) is 0.792. The number of hydrogen-bond donors (Lipinski definition) is 1. The van der Waals surface area contributed by atoms with Crippen LogP contribution in [0.4, 0.5) is 0 Å². The number of benzene rings is 1. The summed E-state index contributed by atoms with van der Waals surface area (Å²) in [6.45, 7) is 0. The Morgan fingerprint density at radius 3 is 2.72 bits per heavy atom. The topological polar surface area (TPSA) is 66.5 Å². The second-order valence-electron chi connectivity index (χ2n) is 4.24. The first kappa shape index (κ1) is 12.8. The van der Waals surface area contributed by atoms with Crippen LogP contribution < -0.4 is 4.72 Å². The fourth-order valence-electron chi connectivity index (χ4n) is 1.67. The third-order valence-electron chi connectivity index (χ3n) is 2.74. The molecule has 1 aliphatic rings. The Bertz CT molecular complexity index is 618. The molecule has 0 saturated heterocycles. The van der Waals surface area contributed by atoms with Gasteiger partial charge >= 0.3 is 10.2 Å². The standard InChI is InChI=1S/C12H14N2O3S/c1-14(2)18(16,17)13-12(15)11-7-6-9-4-3-5-10(9)8-11/h3-4,6-8H,5H2,1-2H3,(H,13,15). The molecule has 0 bridgehead atoms. The first-order valence-electron chi connectivity index (χ1n) is 5.44. The maximum atomic E-state index is 11.8. The lowest BCUT2D eigenvalue weighted by atomic mass is 10.1. The first-order chi connectivity index (χ1) is 8.40. The Morgan fingerprint density at radius 1 is 1.33 bits per heavy atom. The molecule has 0 fully saturated rings. The zero-order valence-corrected chi connectivity index (χ0v) is 11.0. The van der Waals surface area contributed by atoms with Gasteiger partial charge in [0.1, 0.15) is 0 Å². The molecule has 0 unspecified atom stereocenters. The van der Waals surface area contributed by atoms with Gasteiger partial charge in [0.25, 0.3) is 5.91 Å². The number of fused-ring (bicyclic) bond motifs is 1. The predicted molar refractivity (Wildman–Crippen MR) is 69.3 cm³/mol. The van der Waals surface area contributed by atoms with Crippen LogP contribution in [0.5, 0.6) is 0 Å². The van der Waals surface area contributed by atoms with E-state index >= 15 is 0 Å². The van der Waals surface area contributed by atoms with Crippen LogP contribution in [0.3, 0.4) is 0 Å². The van der Waals surface area contributed by atoms with Gasteiger partial charge in [0, 0.05) is 19.7 Å². The molecule has 1 aromatic carbocycles. The molecule has 2 rings (SSSR count). The van der Waals surface area contributed by atoms with Crippen LogP contribution in [-0.2, 0) is 16.6 Å². The van der Waals surface area contributed by atoms with E-state index in [1.807, 2.05) is 22.9 Å². The lowest BCUT2D eigenvalue weighted by molar-refractivity contribution is 0.0979. The Balaban J connectivity index is 2.21. The summed E-state index contributed by atoms with van der Waals surface area (Å²) in [6.07, 6.45) is 4.76. The molecule has 0 atom stereocenters. The van der Waals surface area contributed by atoms with Crippen molar-refractivity contribution in [2.75, 3.05) is 14.1 Å². The van der Waals surface area contributed by atoms with Crippen molar-refractivity contribution >= 4 is 22.2 Å². The molecule has 1 amide bonds. The summed E-state index contributed by atoms with van der Waals surface area (Å²) in [5.74, 6) is -0.613. The van der Waals surface area contributed by atoms with E-state index in [-0.39, 0.29) is 0 Å². The minimum atomic E-state index is -3.74. The number of nitrogens with zero attached hydrogens (tertiary/aromatic N) is 1. The van der Waals surface area contributed by atoms with Crippen LogP contribution in [0, 0.1) is 0 Å². The number of allylic oxidation sites excluding steroid dienone is 1. The highest BCUT2D eigenvalue weighted by Gasteiger charge is 2.19. The van der Waals surface area contributed by atoms with Crippen molar-refractivity contribution in [2.45, 2.75) is 6.42 Å².